The van der Waals surface area contributed by atoms with Gasteiger partial charge in [-0.05, 0) is 34.7 Å². The molecule has 18 heavy (non-hydrogen) atoms. The van der Waals surface area contributed by atoms with E-state index in [4.69, 9.17) is 23.2 Å². The lowest BCUT2D eigenvalue weighted by Gasteiger charge is -2.08. The lowest BCUT2D eigenvalue weighted by molar-refractivity contribution is 1.65. The molecule has 0 spiro atoms. The third-order valence-corrected chi connectivity index (χ3v) is 3.61. The topological polar surface area (TPSA) is 0 Å². The molecule has 0 fully saturated rings. The van der Waals surface area contributed by atoms with Crippen LogP contribution in [-0.4, -0.2) is 0 Å². The molecule has 88 valence electrons. The van der Waals surface area contributed by atoms with Crippen molar-refractivity contribution in [1.29, 1.82) is 0 Å². The Kier molecular flexibility index (Phi) is 2.99. The zero-order chi connectivity index (χ0) is 12.5. The second-order valence-corrected chi connectivity index (χ2v) is 4.99. The lowest BCUT2D eigenvalue weighted by Crippen LogP contribution is -1.82. The maximum atomic E-state index is 6.22. The van der Waals surface area contributed by atoms with E-state index in [1.165, 1.54) is 5.56 Å². The van der Waals surface area contributed by atoms with Gasteiger partial charge in [0.1, 0.15) is 0 Å². The number of halogens is 2. The van der Waals surface area contributed by atoms with Gasteiger partial charge in [-0.1, -0.05) is 65.7 Å². The van der Waals surface area contributed by atoms with E-state index in [9.17, 15) is 0 Å². The van der Waals surface area contributed by atoms with Crippen LogP contribution in [0.2, 0.25) is 10.0 Å². The molecule has 0 aromatic heterocycles. The summed E-state index contributed by atoms with van der Waals surface area (Å²) in [6, 6.07) is 20.0. The molecule has 3 aromatic rings. The van der Waals surface area contributed by atoms with Crippen molar-refractivity contribution in [2.45, 2.75) is 0 Å². The number of rotatable bonds is 1. The minimum atomic E-state index is 0.747. The van der Waals surface area contributed by atoms with Crippen LogP contribution in [-0.2, 0) is 0 Å². The van der Waals surface area contributed by atoms with Crippen molar-refractivity contribution in [3.05, 3.63) is 70.7 Å². The van der Waals surface area contributed by atoms with Gasteiger partial charge in [0.15, 0.2) is 0 Å². The first-order valence-corrected chi connectivity index (χ1v) is 6.44. The number of fused-ring (bicyclic) bond motifs is 1. The fourth-order valence-corrected chi connectivity index (χ4v) is 2.50. The van der Waals surface area contributed by atoms with E-state index in [1.54, 1.807) is 0 Å². The molecular formula is C16H10Cl2. The van der Waals surface area contributed by atoms with Gasteiger partial charge in [-0.3, -0.25) is 0 Å². The molecular weight excluding hydrogens is 263 g/mol. The Labute approximate surface area is 116 Å². The van der Waals surface area contributed by atoms with E-state index < -0.39 is 0 Å². The Balaban J connectivity index is 2.30. The normalized spacial score (nSPS) is 10.8. The first-order valence-electron chi connectivity index (χ1n) is 5.69. The summed E-state index contributed by atoms with van der Waals surface area (Å²) in [5.41, 5.74) is 2.32. The fourth-order valence-electron chi connectivity index (χ4n) is 2.14. The summed E-state index contributed by atoms with van der Waals surface area (Å²) in [7, 11) is 0. The highest BCUT2D eigenvalue weighted by Crippen LogP contribution is 2.33. The Bertz CT molecular complexity index is 700. The smallest absolute Gasteiger partial charge is 0.0484 e. The van der Waals surface area contributed by atoms with Gasteiger partial charge < -0.3 is 0 Å². The maximum absolute atomic E-state index is 6.22. The minimum absolute atomic E-state index is 0.747. The molecule has 0 nitrogen and oxygen atoms in total. The van der Waals surface area contributed by atoms with Crippen LogP contribution in [0.3, 0.4) is 0 Å². The van der Waals surface area contributed by atoms with Gasteiger partial charge in [0, 0.05) is 15.4 Å². The van der Waals surface area contributed by atoms with E-state index >= 15 is 0 Å². The summed E-state index contributed by atoms with van der Waals surface area (Å²) in [6.45, 7) is 0. The average molecular weight is 273 g/mol. The quantitative estimate of drug-likeness (QED) is 0.524. The zero-order valence-corrected chi connectivity index (χ0v) is 11.0. The van der Waals surface area contributed by atoms with Crippen LogP contribution in [0, 0.1) is 0 Å². The van der Waals surface area contributed by atoms with E-state index in [-0.39, 0.29) is 0 Å². The molecule has 0 bridgehead atoms. The predicted molar refractivity (Wildman–Crippen MR) is 79.4 cm³/mol. The summed E-state index contributed by atoms with van der Waals surface area (Å²) in [4.78, 5) is 0. The molecule has 2 heteroatoms. The van der Waals surface area contributed by atoms with Crippen molar-refractivity contribution >= 4 is 34.0 Å². The standard InChI is InChI=1S/C16H10Cl2/c17-12-7-5-11(6-8-12)13-9-10-16(18)15-4-2-1-3-14(13)15/h1-10H. The van der Waals surface area contributed by atoms with E-state index in [2.05, 4.69) is 6.07 Å². The van der Waals surface area contributed by atoms with Crippen molar-refractivity contribution in [3.8, 4) is 11.1 Å². The predicted octanol–water partition coefficient (Wildman–Crippen LogP) is 5.81. The van der Waals surface area contributed by atoms with Crippen LogP contribution in [0.25, 0.3) is 21.9 Å². The molecule has 0 heterocycles. The number of hydrogen-bond acceptors (Lipinski definition) is 0. The maximum Gasteiger partial charge on any atom is 0.0484 e. The molecule has 0 N–H and O–H groups in total. The molecule has 3 aromatic carbocycles. The second kappa shape index (κ2) is 4.64. The number of hydrogen-bond donors (Lipinski definition) is 0. The van der Waals surface area contributed by atoms with Crippen molar-refractivity contribution in [1.82, 2.24) is 0 Å². The van der Waals surface area contributed by atoms with Crippen molar-refractivity contribution < 1.29 is 0 Å². The Morgan fingerprint density at radius 1 is 0.611 bits per heavy atom. The Morgan fingerprint density at radius 2 is 1.28 bits per heavy atom. The van der Waals surface area contributed by atoms with E-state index in [0.29, 0.717) is 0 Å². The summed E-state index contributed by atoms with van der Waals surface area (Å²) in [5.74, 6) is 0. The van der Waals surface area contributed by atoms with Crippen LogP contribution >= 0.6 is 23.2 Å². The highest BCUT2D eigenvalue weighted by molar-refractivity contribution is 6.36. The van der Waals surface area contributed by atoms with Crippen LogP contribution < -0.4 is 0 Å². The summed E-state index contributed by atoms with van der Waals surface area (Å²) >= 11 is 12.1. The summed E-state index contributed by atoms with van der Waals surface area (Å²) in [6.07, 6.45) is 0. The first kappa shape index (κ1) is 11.6. The van der Waals surface area contributed by atoms with E-state index in [0.717, 1.165) is 26.4 Å². The van der Waals surface area contributed by atoms with Crippen LogP contribution in [0.15, 0.2) is 60.7 Å². The van der Waals surface area contributed by atoms with E-state index in [1.807, 2.05) is 54.6 Å². The summed E-state index contributed by atoms with van der Waals surface area (Å²) < 4.78 is 0. The van der Waals surface area contributed by atoms with Gasteiger partial charge in [0.25, 0.3) is 0 Å². The van der Waals surface area contributed by atoms with Gasteiger partial charge >= 0.3 is 0 Å². The lowest BCUT2D eigenvalue weighted by atomic mass is 9.98. The molecule has 0 aliphatic heterocycles. The molecule has 3 rings (SSSR count). The molecule has 0 amide bonds. The number of benzene rings is 3. The third kappa shape index (κ3) is 1.98. The average Bonchev–Trinajstić information content (AvgIpc) is 2.41. The fraction of sp³-hybridized carbons (Fsp3) is 0. The molecule has 0 saturated heterocycles. The second-order valence-electron chi connectivity index (χ2n) is 4.15. The molecule has 0 radical (unpaired) electrons. The molecule has 0 unspecified atom stereocenters. The first-order chi connectivity index (χ1) is 8.75. The van der Waals surface area contributed by atoms with Crippen LogP contribution in [0.1, 0.15) is 0 Å². The SMILES string of the molecule is Clc1ccc(-c2ccc(Cl)c3ccccc23)cc1. The molecule has 0 aliphatic rings. The molecule has 0 atom stereocenters. The highest BCUT2D eigenvalue weighted by atomic mass is 35.5. The molecule has 0 aliphatic carbocycles. The third-order valence-electron chi connectivity index (χ3n) is 3.03. The van der Waals surface area contributed by atoms with Gasteiger partial charge in [-0.2, -0.15) is 0 Å². The Morgan fingerprint density at radius 3 is 2.00 bits per heavy atom. The Hall–Kier alpha value is -1.50. The zero-order valence-electron chi connectivity index (χ0n) is 9.53. The highest BCUT2D eigenvalue weighted by Gasteiger charge is 2.05. The van der Waals surface area contributed by atoms with Crippen molar-refractivity contribution in [3.63, 3.8) is 0 Å². The minimum Gasteiger partial charge on any atom is -0.0843 e. The summed E-state index contributed by atoms with van der Waals surface area (Å²) in [5, 5.41) is 3.76. The van der Waals surface area contributed by atoms with Crippen molar-refractivity contribution in [2.75, 3.05) is 0 Å². The van der Waals surface area contributed by atoms with Crippen molar-refractivity contribution in [2.24, 2.45) is 0 Å². The van der Waals surface area contributed by atoms with Gasteiger partial charge in [-0.15, -0.1) is 0 Å². The van der Waals surface area contributed by atoms with Gasteiger partial charge in [0.05, 0.1) is 0 Å². The van der Waals surface area contributed by atoms with Gasteiger partial charge in [-0.25, -0.2) is 0 Å². The van der Waals surface area contributed by atoms with Crippen LogP contribution in [0.5, 0.6) is 0 Å². The monoisotopic (exact) mass is 272 g/mol. The largest absolute Gasteiger partial charge is 0.0843 e. The van der Waals surface area contributed by atoms with Gasteiger partial charge in [0.2, 0.25) is 0 Å². The molecule has 0 saturated carbocycles. The van der Waals surface area contributed by atoms with Crippen LogP contribution in [0.4, 0.5) is 0 Å².